The Kier molecular flexibility index (Phi) is 8.04. The number of aryl methyl sites for hydroxylation is 1. The summed E-state index contributed by atoms with van der Waals surface area (Å²) in [6, 6.07) is 9.81. The molecule has 1 aliphatic rings. The fraction of sp³-hybridized carbons (Fsp3) is 0.536. The smallest absolute Gasteiger partial charge is 0.410 e. The van der Waals surface area contributed by atoms with Crippen molar-refractivity contribution >= 4 is 17.0 Å². The predicted octanol–water partition coefficient (Wildman–Crippen LogP) is 4.40. The Labute approximate surface area is 218 Å². The van der Waals surface area contributed by atoms with Crippen LogP contribution in [0.3, 0.4) is 0 Å². The number of carbonyl (C=O) groups is 1. The van der Waals surface area contributed by atoms with Crippen molar-refractivity contribution in [3.63, 3.8) is 0 Å². The first-order valence-corrected chi connectivity index (χ1v) is 12.9. The fourth-order valence-corrected chi connectivity index (χ4v) is 4.57. The Morgan fingerprint density at radius 2 is 1.95 bits per heavy atom. The third-order valence-electron chi connectivity index (χ3n) is 6.61. The molecule has 1 aliphatic heterocycles. The molecule has 1 aromatic carbocycles. The summed E-state index contributed by atoms with van der Waals surface area (Å²) < 4.78 is 15.0. The number of hydrogen-bond acceptors (Lipinski definition) is 6. The number of pyridine rings is 1. The molecule has 1 atom stereocenters. The van der Waals surface area contributed by atoms with Crippen LogP contribution in [0.4, 0.5) is 4.79 Å². The highest BCUT2D eigenvalue weighted by Gasteiger charge is 2.24. The van der Waals surface area contributed by atoms with Crippen LogP contribution in [0.2, 0.25) is 0 Å². The summed E-state index contributed by atoms with van der Waals surface area (Å²) in [5.41, 5.74) is 2.47. The third kappa shape index (κ3) is 6.40. The number of hydrogen-bond donors (Lipinski definition) is 0. The molecule has 3 aromatic rings. The van der Waals surface area contributed by atoms with E-state index in [1.54, 1.807) is 23.6 Å². The van der Waals surface area contributed by atoms with Gasteiger partial charge in [-0.3, -0.25) is 4.79 Å². The number of ether oxygens (including phenoxy) is 2. The van der Waals surface area contributed by atoms with Gasteiger partial charge in [0.25, 0.3) is 5.56 Å². The summed E-state index contributed by atoms with van der Waals surface area (Å²) in [6.07, 6.45) is 4.57. The zero-order valence-corrected chi connectivity index (χ0v) is 22.9. The molecule has 0 aliphatic carbocycles. The first-order chi connectivity index (χ1) is 17.5. The number of amides is 1. The van der Waals surface area contributed by atoms with Crippen molar-refractivity contribution in [2.24, 2.45) is 7.05 Å². The summed E-state index contributed by atoms with van der Waals surface area (Å²) in [6.45, 7) is 8.00. The molecule has 1 saturated heterocycles. The Balaban J connectivity index is 1.60. The van der Waals surface area contributed by atoms with E-state index in [4.69, 9.17) is 14.6 Å². The van der Waals surface area contributed by atoms with Gasteiger partial charge >= 0.3 is 6.09 Å². The number of aromatic nitrogens is 3. The lowest BCUT2D eigenvalue weighted by Crippen LogP contribution is -2.38. The van der Waals surface area contributed by atoms with Gasteiger partial charge in [-0.25, -0.2) is 9.48 Å². The van der Waals surface area contributed by atoms with E-state index in [9.17, 15) is 9.59 Å². The molecule has 0 N–H and O–H groups in total. The Bertz CT molecular complexity index is 1300. The van der Waals surface area contributed by atoms with E-state index in [2.05, 4.69) is 4.90 Å². The van der Waals surface area contributed by atoms with Gasteiger partial charge in [0, 0.05) is 52.1 Å². The van der Waals surface area contributed by atoms with Crippen molar-refractivity contribution in [3.8, 4) is 11.3 Å². The lowest BCUT2D eigenvalue weighted by atomic mass is 10.1. The molecule has 9 nitrogen and oxygen atoms in total. The zero-order chi connectivity index (χ0) is 26.7. The molecule has 1 unspecified atom stereocenters. The molecule has 4 rings (SSSR count). The molecule has 9 heteroatoms. The molecule has 3 heterocycles. The number of fused-ring (bicyclic) bond motifs is 1. The van der Waals surface area contributed by atoms with Crippen LogP contribution in [0.5, 0.6) is 0 Å². The first kappa shape index (κ1) is 26.9. The highest BCUT2D eigenvalue weighted by atomic mass is 16.6. The molecule has 2 aromatic heterocycles. The molecule has 0 spiro atoms. The average molecular weight is 510 g/mol. The number of rotatable bonds is 7. The average Bonchev–Trinajstić information content (AvgIpc) is 3.27. The quantitative estimate of drug-likeness (QED) is 0.470. The SMILES string of the molecule is CN(CCN(C)C(=O)OC(C)(C)C)Cc1cn(C2CCCCO2)nc1-c1cc2ccccc2n(C)c1=O. The van der Waals surface area contributed by atoms with Crippen LogP contribution in [0.1, 0.15) is 51.8 Å². The van der Waals surface area contributed by atoms with Gasteiger partial charge < -0.3 is 23.8 Å². The minimum Gasteiger partial charge on any atom is -0.444 e. The van der Waals surface area contributed by atoms with Gasteiger partial charge in [0.15, 0.2) is 0 Å². The highest BCUT2D eigenvalue weighted by molar-refractivity contribution is 5.83. The van der Waals surface area contributed by atoms with Crippen molar-refractivity contribution in [1.29, 1.82) is 0 Å². The fourth-order valence-electron chi connectivity index (χ4n) is 4.57. The Hall–Kier alpha value is -3.17. The van der Waals surface area contributed by atoms with Crippen LogP contribution < -0.4 is 5.56 Å². The van der Waals surface area contributed by atoms with Crippen molar-refractivity contribution in [2.45, 2.75) is 58.4 Å². The topological polar surface area (TPSA) is 81.8 Å². The van der Waals surface area contributed by atoms with Crippen molar-refractivity contribution < 1.29 is 14.3 Å². The summed E-state index contributed by atoms with van der Waals surface area (Å²) in [5, 5.41) is 5.88. The second-order valence-corrected chi connectivity index (χ2v) is 10.9. The van der Waals surface area contributed by atoms with Crippen LogP contribution in [-0.2, 0) is 23.1 Å². The Morgan fingerprint density at radius 1 is 1.19 bits per heavy atom. The number of likely N-dealkylation sites (N-methyl/N-ethyl adjacent to an activating group) is 2. The van der Waals surface area contributed by atoms with E-state index in [1.807, 2.05) is 69.0 Å². The molecule has 0 saturated carbocycles. The summed E-state index contributed by atoms with van der Waals surface area (Å²) >= 11 is 0. The second kappa shape index (κ2) is 11.1. The molecule has 1 fully saturated rings. The van der Waals surface area contributed by atoms with Gasteiger partial charge in [-0.2, -0.15) is 5.10 Å². The highest BCUT2D eigenvalue weighted by Crippen LogP contribution is 2.28. The molecule has 1 amide bonds. The maximum atomic E-state index is 13.4. The monoisotopic (exact) mass is 509 g/mol. The van der Waals surface area contributed by atoms with Gasteiger partial charge in [-0.15, -0.1) is 0 Å². The molecular formula is C28H39N5O4. The van der Waals surface area contributed by atoms with Crippen molar-refractivity contribution in [1.82, 2.24) is 24.1 Å². The lowest BCUT2D eigenvalue weighted by Gasteiger charge is -2.26. The molecular weight excluding hydrogens is 470 g/mol. The number of carbonyl (C=O) groups excluding carboxylic acids is 1. The van der Waals surface area contributed by atoms with Crippen LogP contribution in [0.25, 0.3) is 22.2 Å². The summed E-state index contributed by atoms with van der Waals surface area (Å²) in [5.74, 6) is 0. The van der Waals surface area contributed by atoms with Gasteiger partial charge in [-0.05, 0) is 64.6 Å². The zero-order valence-electron chi connectivity index (χ0n) is 22.9. The van der Waals surface area contributed by atoms with Gasteiger partial charge in [0.2, 0.25) is 0 Å². The van der Waals surface area contributed by atoms with Crippen LogP contribution in [0, 0.1) is 0 Å². The van der Waals surface area contributed by atoms with Gasteiger partial charge in [0.1, 0.15) is 17.5 Å². The van der Waals surface area contributed by atoms with E-state index in [0.29, 0.717) is 37.5 Å². The van der Waals surface area contributed by atoms with E-state index < -0.39 is 5.60 Å². The minimum atomic E-state index is -0.534. The number of nitrogens with zero attached hydrogens (tertiary/aromatic N) is 5. The first-order valence-electron chi connectivity index (χ1n) is 12.9. The largest absolute Gasteiger partial charge is 0.444 e. The second-order valence-electron chi connectivity index (χ2n) is 10.9. The van der Waals surface area contributed by atoms with E-state index >= 15 is 0 Å². The van der Waals surface area contributed by atoms with Crippen LogP contribution >= 0.6 is 0 Å². The maximum Gasteiger partial charge on any atom is 0.410 e. The number of benzene rings is 1. The van der Waals surface area contributed by atoms with Crippen LogP contribution in [0.15, 0.2) is 41.3 Å². The number of para-hydroxylation sites is 1. The van der Waals surface area contributed by atoms with Crippen molar-refractivity contribution in [3.05, 3.63) is 52.4 Å². The molecule has 200 valence electrons. The van der Waals surface area contributed by atoms with E-state index in [1.165, 1.54) is 0 Å². The maximum absolute atomic E-state index is 13.4. The standard InChI is InChI=1S/C28H39N5O4/c1-28(2,3)37-27(35)31(5)15-14-30(4)18-21-19-33(24-13-9-10-16-36-24)29-25(21)22-17-20-11-7-8-12-23(20)32(6)26(22)34/h7-8,11-12,17,19,24H,9-10,13-16,18H2,1-6H3. The summed E-state index contributed by atoms with van der Waals surface area (Å²) in [4.78, 5) is 29.5. The van der Waals surface area contributed by atoms with Gasteiger partial charge in [0.05, 0.1) is 11.1 Å². The minimum absolute atomic E-state index is 0.0814. The molecule has 37 heavy (non-hydrogen) atoms. The Morgan fingerprint density at radius 3 is 2.65 bits per heavy atom. The van der Waals surface area contributed by atoms with E-state index in [0.717, 1.165) is 35.7 Å². The van der Waals surface area contributed by atoms with Gasteiger partial charge in [-0.1, -0.05) is 18.2 Å². The van der Waals surface area contributed by atoms with E-state index in [-0.39, 0.29) is 17.9 Å². The molecule has 0 bridgehead atoms. The third-order valence-corrected chi connectivity index (χ3v) is 6.61. The normalized spacial score (nSPS) is 16.4. The predicted molar refractivity (Wildman–Crippen MR) is 144 cm³/mol. The van der Waals surface area contributed by atoms with Crippen molar-refractivity contribution in [2.75, 3.05) is 33.8 Å². The summed E-state index contributed by atoms with van der Waals surface area (Å²) in [7, 11) is 5.54. The lowest BCUT2D eigenvalue weighted by molar-refractivity contribution is -0.0394. The van der Waals surface area contributed by atoms with Crippen LogP contribution in [-0.4, -0.2) is 69.6 Å². The molecule has 0 radical (unpaired) electrons.